The zero-order valence-electron chi connectivity index (χ0n) is 21.3. The van der Waals surface area contributed by atoms with E-state index in [1.165, 1.54) is 12.5 Å². The Labute approximate surface area is 222 Å². The van der Waals surface area contributed by atoms with Crippen molar-refractivity contribution in [2.24, 2.45) is 0 Å². The third-order valence-corrected chi connectivity index (χ3v) is 6.40. The molecule has 1 fully saturated rings. The number of carbonyl (C=O) groups is 1. The van der Waals surface area contributed by atoms with Crippen LogP contribution in [-0.4, -0.2) is 65.2 Å². The van der Waals surface area contributed by atoms with Crippen molar-refractivity contribution in [2.75, 3.05) is 13.2 Å². The van der Waals surface area contributed by atoms with Gasteiger partial charge >= 0.3 is 5.97 Å². The Morgan fingerprint density at radius 3 is 2.24 bits per heavy atom. The number of rotatable bonds is 11. The Morgan fingerprint density at radius 2 is 1.50 bits per heavy atom. The molecular weight excluding hydrogens is 488 g/mol. The van der Waals surface area contributed by atoms with Crippen LogP contribution in [0.5, 0.6) is 5.75 Å². The first-order valence-corrected chi connectivity index (χ1v) is 12.7. The Kier molecular flexibility index (Phi) is 9.86. The van der Waals surface area contributed by atoms with E-state index in [2.05, 4.69) is 24.3 Å². The number of ether oxygens (including phenoxy) is 4. The van der Waals surface area contributed by atoms with Crippen molar-refractivity contribution in [3.05, 3.63) is 101 Å². The van der Waals surface area contributed by atoms with Gasteiger partial charge in [-0.1, -0.05) is 72.8 Å². The summed E-state index contributed by atoms with van der Waals surface area (Å²) in [6, 6.07) is 25.7. The van der Waals surface area contributed by atoms with E-state index in [9.17, 15) is 20.1 Å². The number of aliphatic hydroxyl groups is 3. The van der Waals surface area contributed by atoms with Gasteiger partial charge in [-0.05, 0) is 34.7 Å². The van der Waals surface area contributed by atoms with E-state index in [0.717, 1.165) is 23.1 Å². The third-order valence-electron chi connectivity index (χ3n) is 6.40. The minimum absolute atomic E-state index is 0.272. The van der Waals surface area contributed by atoms with Crippen LogP contribution in [0, 0.1) is 0 Å². The topological polar surface area (TPSA) is 115 Å². The molecular formula is C30H34O8. The van der Waals surface area contributed by atoms with Crippen LogP contribution >= 0.6 is 0 Å². The number of esters is 1. The lowest BCUT2D eigenvalue weighted by atomic mass is 9.99. The highest BCUT2D eigenvalue weighted by molar-refractivity contribution is 5.65. The maximum absolute atomic E-state index is 11.2. The van der Waals surface area contributed by atoms with Gasteiger partial charge in [-0.25, -0.2) is 0 Å². The molecule has 8 heteroatoms. The smallest absolute Gasteiger partial charge is 0.302 e. The summed E-state index contributed by atoms with van der Waals surface area (Å²) in [5.74, 6) is -0.0697. The zero-order chi connectivity index (χ0) is 26.9. The molecule has 1 heterocycles. The highest BCUT2D eigenvalue weighted by Crippen LogP contribution is 2.28. The molecule has 0 spiro atoms. The molecule has 0 unspecified atom stereocenters. The molecule has 1 aliphatic rings. The second-order valence-corrected chi connectivity index (χ2v) is 9.32. The molecule has 0 aliphatic carbocycles. The van der Waals surface area contributed by atoms with Crippen molar-refractivity contribution in [1.82, 2.24) is 0 Å². The minimum Gasteiger partial charge on any atom is -0.463 e. The minimum atomic E-state index is -1.52. The molecule has 1 aliphatic heterocycles. The van der Waals surface area contributed by atoms with Gasteiger partial charge in [0.2, 0.25) is 6.29 Å². The van der Waals surface area contributed by atoms with Crippen LogP contribution in [0.2, 0.25) is 0 Å². The molecule has 3 aromatic carbocycles. The van der Waals surface area contributed by atoms with Gasteiger partial charge in [0.25, 0.3) is 0 Å². The van der Waals surface area contributed by atoms with Gasteiger partial charge in [-0.15, -0.1) is 0 Å². The number of benzene rings is 3. The van der Waals surface area contributed by atoms with E-state index < -0.39 is 36.7 Å². The molecule has 4 rings (SSSR count). The van der Waals surface area contributed by atoms with Crippen LogP contribution in [0.4, 0.5) is 0 Å². The van der Waals surface area contributed by atoms with Crippen LogP contribution < -0.4 is 4.74 Å². The first-order chi connectivity index (χ1) is 18.4. The first-order valence-electron chi connectivity index (χ1n) is 12.7. The number of hydrogen-bond donors (Lipinski definition) is 3. The second-order valence-electron chi connectivity index (χ2n) is 9.32. The standard InChI is InChI=1S/C30H34O8/c1-20(31)36-19-26-27(32)28(33)29(34)30(38-26)37-25-10-6-5-9-24(25)17-22-13-11-21(12-14-22)15-16-35-18-23-7-3-2-4-8-23/h2-14,26-30,32-34H,15-19H2,1H3/t26-,27-,28+,29-,30-/m1/s1. The number of aliphatic hydroxyl groups excluding tert-OH is 3. The Bertz CT molecular complexity index is 1150. The highest BCUT2D eigenvalue weighted by Gasteiger charge is 2.45. The fourth-order valence-electron chi connectivity index (χ4n) is 4.24. The maximum Gasteiger partial charge on any atom is 0.302 e. The van der Waals surface area contributed by atoms with E-state index in [0.29, 0.717) is 25.4 Å². The summed E-state index contributed by atoms with van der Waals surface area (Å²) in [5, 5.41) is 30.9. The van der Waals surface area contributed by atoms with Crippen molar-refractivity contribution >= 4 is 5.97 Å². The second kappa shape index (κ2) is 13.5. The average Bonchev–Trinajstić information content (AvgIpc) is 2.93. The van der Waals surface area contributed by atoms with Crippen LogP contribution in [-0.2, 0) is 38.5 Å². The van der Waals surface area contributed by atoms with E-state index in [1.807, 2.05) is 42.5 Å². The van der Waals surface area contributed by atoms with Crippen molar-refractivity contribution in [3.8, 4) is 5.75 Å². The summed E-state index contributed by atoms with van der Waals surface area (Å²) in [4.78, 5) is 11.2. The quantitative estimate of drug-likeness (QED) is 0.260. The van der Waals surface area contributed by atoms with Crippen LogP contribution in [0.15, 0.2) is 78.9 Å². The van der Waals surface area contributed by atoms with E-state index >= 15 is 0 Å². The lowest BCUT2D eigenvalue weighted by Gasteiger charge is -2.40. The van der Waals surface area contributed by atoms with Gasteiger partial charge in [0.1, 0.15) is 36.8 Å². The van der Waals surface area contributed by atoms with E-state index in [-0.39, 0.29) is 6.61 Å². The van der Waals surface area contributed by atoms with Crippen molar-refractivity contribution in [2.45, 2.75) is 57.1 Å². The summed E-state index contributed by atoms with van der Waals surface area (Å²) in [7, 11) is 0. The van der Waals surface area contributed by atoms with Crippen molar-refractivity contribution in [1.29, 1.82) is 0 Å². The molecule has 1 saturated heterocycles. The highest BCUT2D eigenvalue weighted by atomic mass is 16.7. The van der Waals surface area contributed by atoms with Gasteiger partial charge in [0.15, 0.2) is 0 Å². The lowest BCUT2D eigenvalue weighted by Crippen LogP contribution is -2.60. The van der Waals surface area contributed by atoms with Crippen LogP contribution in [0.3, 0.4) is 0 Å². The van der Waals surface area contributed by atoms with Gasteiger partial charge in [0.05, 0.1) is 13.2 Å². The third kappa shape index (κ3) is 7.63. The monoisotopic (exact) mass is 522 g/mol. The molecule has 3 N–H and O–H groups in total. The van der Waals surface area contributed by atoms with Crippen molar-refractivity contribution < 1.29 is 39.1 Å². The fourth-order valence-corrected chi connectivity index (χ4v) is 4.24. The molecule has 202 valence electrons. The molecule has 0 saturated carbocycles. The summed E-state index contributed by atoms with van der Waals surface area (Å²) in [5.41, 5.74) is 4.26. The predicted molar refractivity (Wildman–Crippen MR) is 139 cm³/mol. The molecule has 3 aromatic rings. The first kappa shape index (κ1) is 27.8. The molecule has 0 bridgehead atoms. The van der Waals surface area contributed by atoms with E-state index in [1.54, 1.807) is 12.1 Å². The largest absolute Gasteiger partial charge is 0.463 e. The van der Waals surface area contributed by atoms with Crippen molar-refractivity contribution in [3.63, 3.8) is 0 Å². The number of para-hydroxylation sites is 1. The summed E-state index contributed by atoms with van der Waals surface area (Å²) in [6.45, 7) is 2.19. The van der Waals surface area contributed by atoms with Gasteiger partial charge in [0, 0.05) is 13.3 Å². The Hall–Kier alpha value is -3.27. The zero-order valence-corrected chi connectivity index (χ0v) is 21.3. The predicted octanol–water partition coefficient (Wildman–Crippen LogP) is 2.79. The Morgan fingerprint density at radius 1 is 0.816 bits per heavy atom. The average molecular weight is 523 g/mol. The molecule has 5 atom stereocenters. The summed E-state index contributed by atoms with van der Waals surface area (Å²) in [6.07, 6.45) is -5.35. The molecule has 0 radical (unpaired) electrons. The molecule has 0 amide bonds. The summed E-state index contributed by atoms with van der Waals surface area (Å²) >= 11 is 0. The summed E-state index contributed by atoms with van der Waals surface area (Å²) < 4.78 is 22.3. The molecule has 8 nitrogen and oxygen atoms in total. The Balaban J connectivity index is 1.34. The van der Waals surface area contributed by atoms with Gasteiger partial charge in [-0.2, -0.15) is 0 Å². The molecule has 38 heavy (non-hydrogen) atoms. The number of hydrogen-bond acceptors (Lipinski definition) is 8. The molecule has 0 aromatic heterocycles. The lowest BCUT2D eigenvalue weighted by molar-refractivity contribution is -0.278. The van der Waals surface area contributed by atoms with Gasteiger partial charge < -0.3 is 34.3 Å². The number of carbonyl (C=O) groups excluding carboxylic acids is 1. The maximum atomic E-state index is 11.2. The fraction of sp³-hybridized carbons (Fsp3) is 0.367. The van der Waals surface area contributed by atoms with E-state index in [4.69, 9.17) is 18.9 Å². The van der Waals surface area contributed by atoms with Crippen LogP contribution in [0.25, 0.3) is 0 Å². The van der Waals surface area contributed by atoms with Gasteiger partial charge in [-0.3, -0.25) is 4.79 Å². The SMILES string of the molecule is CC(=O)OC[C@H]1O[C@@H](Oc2ccccc2Cc2ccc(CCOCc3ccccc3)cc2)[C@H](O)[C@@H](O)[C@@H]1O. The van der Waals surface area contributed by atoms with Crippen LogP contribution in [0.1, 0.15) is 29.2 Å². The normalized spacial score (nSPS) is 23.1.